The number of hydrogen-bond donors (Lipinski definition) is 0. The summed E-state index contributed by atoms with van der Waals surface area (Å²) < 4.78 is 20.0. The number of hydrogen-bond acceptors (Lipinski definition) is 4. The number of fused-ring (bicyclic) bond motifs is 1. The Bertz CT molecular complexity index is 1160. The molecule has 0 amide bonds. The van der Waals surface area contributed by atoms with E-state index in [1.165, 1.54) is 17.0 Å². The summed E-state index contributed by atoms with van der Waals surface area (Å²) in [5.41, 5.74) is 4.49. The van der Waals surface area contributed by atoms with E-state index in [0.29, 0.717) is 12.2 Å². The monoisotopic (exact) mass is 399 g/mol. The highest BCUT2D eigenvalue weighted by atomic mass is 19.1. The molecule has 0 spiro atoms. The lowest BCUT2D eigenvalue weighted by atomic mass is 10.1. The Morgan fingerprint density at radius 1 is 0.967 bits per heavy atom. The average Bonchev–Trinajstić information content (AvgIpc) is 2.80. The van der Waals surface area contributed by atoms with Crippen LogP contribution in [0.15, 0.2) is 79.1 Å². The Morgan fingerprint density at radius 2 is 1.90 bits per heavy atom. The molecule has 0 bridgehead atoms. The van der Waals surface area contributed by atoms with E-state index in [1.807, 2.05) is 36.5 Å². The van der Waals surface area contributed by atoms with E-state index in [9.17, 15) is 4.39 Å². The molecule has 0 aliphatic carbocycles. The van der Waals surface area contributed by atoms with Gasteiger partial charge < -0.3 is 4.74 Å². The number of pyridine rings is 2. The third-order valence-electron chi connectivity index (χ3n) is 5.58. The van der Waals surface area contributed by atoms with Crippen LogP contribution in [0.4, 0.5) is 4.39 Å². The molecule has 1 fully saturated rings. The molecule has 2 aromatic heterocycles. The van der Waals surface area contributed by atoms with E-state index in [0.717, 1.165) is 36.4 Å². The number of nitrogens with zero attached hydrogens (tertiary/aromatic N) is 3. The molecule has 150 valence electrons. The summed E-state index contributed by atoms with van der Waals surface area (Å²) in [6.07, 6.45) is 3.46. The van der Waals surface area contributed by atoms with Gasteiger partial charge in [0.15, 0.2) is 0 Å². The second-order valence-corrected chi connectivity index (χ2v) is 7.53. The smallest absolute Gasteiger partial charge is 0.131 e. The second kappa shape index (κ2) is 8.30. The summed E-state index contributed by atoms with van der Waals surface area (Å²) in [6, 6.07) is 21.0. The van der Waals surface area contributed by atoms with Gasteiger partial charge >= 0.3 is 0 Å². The Balaban J connectivity index is 1.32. The fraction of sp³-hybridized carbons (Fsp3) is 0.200. The van der Waals surface area contributed by atoms with Crippen molar-refractivity contribution in [2.24, 2.45) is 0 Å². The molecule has 0 N–H and O–H groups in total. The van der Waals surface area contributed by atoms with Crippen LogP contribution in [0.5, 0.6) is 0 Å². The quantitative estimate of drug-likeness (QED) is 0.484. The van der Waals surface area contributed by atoms with Crippen LogP contribution in [0.2, 0.25) is 0 Å². The minimum Gasteiger partial charge on any atom is -0.369 e. The molecular weight excluding hydrogens is 377 g/mol. The van der Waals surface area contributed by atoms with Gasteiger partial charge in [0.05, 0.1) is 17.8 Å². The molecule has 30 heavy (non-hydrogen) atoms. The summed E-state index contributed by atoms with van der Waals surface area (Å²) in [7, 11) is 0. The molecule has 1 saturated heterocycles. The number of halogens is 1. The van der Waals surface area contributed by atoms with Crippen LogP contribution >= 0.6 is 0 Å². The van der Waals surface area contributed by atoms with Gasteiger partial charge in [-0.05, 0) is 29.8 Å². The zero-order chi connectivity index (χ0) is 20.3. The zero-order valence-corrected chi connectivity index (χ0v) is 16.5. The van der Waals surface area contributed by atoms with E-state index in [1.54, 1.807) is 18.3 Å². The van der Waals surface area contributed by atoms with Crippen LogP contribution in [0.25, 0.3) is 22.0 Å². The minimum absolute atomic E-state index is 0.0958. The van der Waals surface area contributed by atoms with E-state index < -0.39 is 0 Å². The average molecular weight is 399 g/mol. The van der Waals surface area contributed by atoms with Gasteiger partial charge in [0.25, 0.3) is 0 Å². The van der Waals surface area contributed by atoms with E-state index >= 15 is 0 Å². The number of ether oxygens (including phenoxy) is 1. The van der Waals surface area contributed by atoms with Gasteiger partial charge in [0, 0.05) is 48.5 Å². The van der Waals surface area contributed by atoms with Crippen molar-refractivity contribution in [3.63, 3.8) is 0 Å². The number of morpholine rings is 1. The Hall–Kier alpha value is -3.15. The summed E-state index contributed by atoms with van der Waals surface area (Å²) in [5, 5.41) is 1.19. The normalized spacial score (nSPS) is 17.3. The molecule has 1 aliphatic rings. The van der Waals surface area contributed by atoms with E-state index in [4.69, 9.17) is 4.74 Å². The van der Waals surface area contributed by atoms with Crippen LogP contribution in [0.1, 0.15) is 17.4 Å². The predicted octanol–water partition coefficient (Wildman–Crippen LogP) is 5.01. The largest absolute Gasteiger partial charge is 0.369 e. The summed E-state index contributed by atoms with van der Waals surface area (Å²) in [6.45, 7) is 3.14. The molecule has 3 heterocycles. The Kier molecular flexibility index (Phi) is 5.22. The number of rotatable bonds is 4. The predicted molar refractivity (Wildman–Crippen MR) is 115 cm³/mol. The van der Waals surface area contributed by atoms with Crippen molar-refractivity contribution in [2.45, 2.75) is 12.6 Å². The zero-order valence-electron chi connectivity index (χ0n) is 16.5. The molecular formula is C25H22FN3O. The standard InChI is InChI=1S/C25H22FN3O/c26-22-8-2-1-6-20(22)18-10-11-24(28-15-18)25-17-29(13-14-30-25)16-19-5-3-9-23-21(19)7-4-12-27-23/h1-12,15,25H,13-14,16-17H2/t25-/m1/s1. The Morgan fingerprint density at radius 3 is 2.77 bits per heavy atom. The summed E-state index contributed by atoms with van der Waals surface area (Å²) in [4.78, 5) is 11.4. The molecule has 2 aromatic carbocycles. The van der Waals surface area contributed by atoms with Crippen molar-refractivity contribution in [1.82, 2.24) is 14.9 Å². The summed E-state index contributed by atoms with van der Waals surface area (Å²) in [5.74, 6) is -0.239. The first-order valence-corrected chi connectivity index (χ1v) is 10.2. The maximum absolute atomic E-state index is 14.0. The Labute approximate surface area is 175 Å². The van der Waals surface area contributed by atoms with Gasteiger partial charge in [0.2, 0.25) is 0 Å². The van der Waals surface area contributed by atoms with Crippen LogP contribution in [0, 0.1) is 5.82 Å². The lowest BCUT2D eigenvalue weighted by Gasteiger charge is -2.33. The van der Waals surface area contributed by atoms with E-state index in [-0.39, 0.29) is 11.9 Å². The minimum atomic E-state index is -0.239. The van der Waals surface area contributed by atoms with E-state index in [2.05, 4.69) is 33.1 Å². The van der Waals surface area contributed by atoms with Crippen molar-refractivity contribution in [2.75, 3.05) is 19.7 Å². The van der Waals surface area contributed by atoms with Crippen molar-refractivity contribution in [1.29, 1.82) is 0 Å². The van der Waals surface area contributed by atoms with Gasteiger partial charge in [0.1, 0.15) is 11.9 Å². The van der Waals surface area contributed by atoms with Gasteiger partial charge in [-0.15, -0.1) is 0 Å². The third-order valence-corrected chi connectivity index (χ3v) is 5.58. The highest BCUT2D eigenvalue weighted by Gasteiger charge is 2.23. The second-order valence-electron chi connectivity index (χ2n) is 7.53. The van der Waals surface area contributed by atoms with Gasteiger partial charge in [-0.3, -0.25) is 14.9 Å². The maximum atomic E-state index is 14.0. The molecule has 5 heteroatoms. The summed E-state index contributed by atoms with van der Waals surface area (Å²) >= 11 is 0. The fourth-order valence-corrected chi connectivity index (χ4v) is 4.02. The first-order chi connectivity index (χ1) is 14.8. The van der Waals surface area contributed by atoms with Crippen LogP contribution in [0.3, 0.4) is 0 Å². The van der Waals surface area contributed by atoms with Gasteiger partial charge in [-0.1, -0.05) is 42.5 Å². The molecule has 1 aliphatic heterocycles. The van der Waals surface area contributed by atoms with Crippen LogP contribution in [-0.4, -0.2) is 34.6 Å². The SMILES string of the molecule is Fc1ccccc1-c1ccc([C@H]2CN(Cc3cccc4ncccc34)CCO2)nc1. The highest BCUT2D eigenvalue weighted by molar-refractivity contribution is 5.81. The van der Waals surface area contributed by atoms with Crippen molar-refractivity contribution < 1.29 is 9.13 Å². The molecule has 4 aromatic rings. The highest BCUT2D eigenvalue weighted by Crippen LogP contribution is 2.27. The van der Waals surface area contributed by atoms with Gasteiger partial charge in [-0.2, -0.15) is 0 Å². The first-order valence-electron chi connectivity index (χ1n) is 10.2. The third kappa shape index (κ3) is 3.82. The first kappa shape index (κ1) is 18.9. The molecule has 0 radical (unpaired) electrons. The lowest BCUT2D eigenvalue weighted by molar-refractivity contribution is -0.0348. The maximum Gasteiger partial charge on any atom is 0.131 e. The molecule has 4 nitrogen and oxygen atoms in total. The molecule has 0 saturated carbocycles. The number of aromatic nitrogens is 2. The number of benzene rings is 2. The van der Waals surface area contributed by atoms with Gasteiger partial charge in [-0.25, -0.2) is 4.39 Å². The molecule has 1 atom stereocenters. The lowest BCUT2D eigenvalue weighted by Crippen LogP contribution is -2.38. The topological polar surface area (TPSA) is 38.2 Å². The molecule has 0 unspecified atom stereocenters. The van der Waals surface area contributed by atoms with Crippen LogP contribution < -0.4 is 0 Å². The van der Waals surface area contributed by atoms with Crippen molar-refractivity contribution in [3.8, 4) is 11.1 Å². The molecule has 5 rings (SSSR count). The van der Waals surface area contributed by atoms with Crippen molar-refractivity contribution >= 4 is 10.9 Å². The fourth-order valence-electron chi connectivity index (χ4n) is 4.02. The van der Waals surface area contributed by atoms with Crippen molar-refractivity contribution in [3.05, 3.63) is 96.2 Å². The van der Waals surface area contributed by atoms with Crippen LogP contribution in [-0.2, 0) is 11.3 Å².